The molecule has 2 rings (SSSR count). The fourth-order valence-corrected chi connectivity index (χ4v) is 3.00. The van der Waals surface area contributed by atoms with Crippen LogP contribution in [-0.2, 0) is 29.1 Å². The summed E-state index contributed by atoms with van der Waals surface area (Å²) in [5.41, 5.74) is 0.354. The van der Waals surface area contributed by atoms with Gasteiger partial charge in [-0.25, -0.2) is 9.59 Å². The number of allylic oxidation sites excluding steroid dienone is 1. The predicted molar refractivity (Wildman–Crippen MR) is 101 cm³/mol. The van der Waals surface area contributed by atoms with Crippen LogP contribution in [0.15, 0.2) is 16.9 Å². The van der Waals surface area contributed by atoms with Crippen LogP contribution in [0.3, 0.4) is 0 Å². The molecular weight excluding hydrogens is 374 g/mol. The van der Waals surface area contributed by atoms with E-state index in [1.165, 1.54) is 21.1 Å². The SMILES string of the molecule is C=C(CCl)Cn1c(C(=O)COC)c2n(c1=O)CCN(C(=O)OC(C)(C)C)C2. The van der Waals surface area contributed by atoms with Gasteiger partial charge in [0.25, 0.3) is 0 Å². The zero-order chi connectivity index (χ0) is 20.4. The van der Waals surface area contributed by atoms with Crippen molar-refractivity contribution in [2.75, 3.05) is 26.1 Å². The number of hydrogen-bond donors (Lipinski definition) is 0. The van der Waals surface area contributed by atoms with Crippen LogP contribution < -0.4 is 5.69 Å². The molecule has 27 heavy (non-hydrogen) atoms. The fraction of sp³-hybridized carbons (Fsp3) is 0.611. The van der Waals surface area contributed by atoms with Crippen molar-refractivity contribution < 1.29 is 19.1 Å². The quantitative estimate of drug-likeness (QED) is 0.415. The Morgan fingerprint density at radius 1 is 1.26 bits per heavy atom. The van der Waals surface area contributed by atoms with Gasteiger partial charge in [-0.05, 0) is 26.3 Å². The first-order valence-corrected chi connectivity index (χ1v) is 9.17. The Kier molecular flexibility index (Phi) is 6.54. The first-order valence-electron chi connectivity index (χ1n) is 8.64. The van der Waals surface area contributed by atoms with Crippen molar-refractivity contribution in [3.05, 3.63) is 34.0 Å². The summed E-state index contributed by atoms with van der Waals surface area (Å²) in [6.07, 6.45) is -0.482. The Bertz CT molecular complexity index is 803. The molecule has 8 nitrogen and oxygen atoms in total. The minimum absolute atomic E-state index is 0.106. The molecule has 1 aromatic heterocycles. The van der Waals surface area contributed by atoms with E-state index in [-0.39, 0.29) is 49.3 Å². The highest BCUT2D eigenvalue weighted by atomic mass is 35.5. The number of alkyl halides is 1. The molecule has 9 heteroatoms. The second-order valence-electron chi connectivity index (χ2n) is 7.46. The molecule has 1 aromatic rings. The van der Waals surface area contributed by atoms with Crippen molar-refractivity contribution in [1.29, 1.82) is 0 Å². The number of fused-ring (bicyclic) bond motifs is 1. The Morgan fingerprint density at radius 2 is 1.93 bits per heavy atom. The van der Waals surface area contributed by atoms with E-state index in [0.29, 0.717) is 17.8 Å². The van der Waals surface area contributed by atoms with Gasteiger partial charge in [-0.2, -0.15) is 0 Å². The Labute approximate surface area is 163 Å². The van der Waals surface area contributed by atoms with Gasteiger partial charge in [0.2, 0.25) is 5.78 Å². The molecule has 0 bridgehead atoms. The van der Waals surface area contributed by atoms with E-state index in [1.54, 1.807) is 20.8 Å². The van der Waals surface area contributed by atoms with E-state index in [0.717, 1.165) is 0 Å². The highest BCUT2D eigenvalue weighted by Gasteiger charge is 2.32. The number of amides is 1. The molecule has 0 aliphatic carbocycles. The van der Waals surface area contributed by atoms with E-state index in [9.17, 15) is 14.4 Å². The maximum Gasteiger partial charge on any atom is 0.410 e. The highest BCUT2D eigenvalue weighted by Crippen LogP contribution is 2.20. The van der Waals surface area contributed by atoms with Gasteiger partial charge in [-0.15, -0.1) is 11.6 Å². The second kappa shape index (κ2) is 8.31. The van der Waals surface area contributed by atoms with Gasteiger partial charge in [0, 0.05) is 32.6 Å². The number of rotatable bonds is 6. The number of aromatic nitrogens is 2. The normalized spacial score (nSPS) is 14.0. The average Bonchev–Trinajstić information content (AvgIpc) is 2.85. The zero-order valence-corrected chi connectivity index (χ0v) is 17.0. The molecule has 0 N–H and O–H groups in total. The number of carbonyl (C=O) groups is 2. The number of Topliss-reactive ketones (excluding diaryl/α,β-unsaturated/α-hetero) is 1. The lowest BCUT2D eigenvalue weighted by molar-refractivity contribution is 0.0196. The van der Waals surface area contributed by atoms with Crippen molar-refractivity contribution in [1.82, 2.24) is 14.0 Å². The van der Waals surface area contributed by atoms with Crippen LogP contribution in [0.5, 0.6) is 0 Å². The lowest BCUT2D eigenvalue weighted by Crippen LogP contribution is -2.43. The summed E-state index contributed by atoms with van der Waals surface area (Å²) in [6, 6.07) is 0. The van der Waals surface area contributed by atoms with Gasteiger partial charge in [0.05, 0.1) is 12.2 Å². The molecule has 0 atom stereocenters. The highest BCUT2D eigenvalue weighted by molar-refractivity contribution is 6.19. The van der Waals surface area contributed by atoms with E-state index in [1.807, 2.05) is 0 Å². The number of methoxy groups -OCH3 is 1. The molecule has 150 valence electrons. The molecule has 0 radical (unpaired) electrons. The van der Waals surface area contributed by atoms with Gasteiger partial charge >= 0.3 is 11.8 Å². The van der Waals surface area contributed by atoms with Crippen molar-refractivity contribution in [2.24, 2.45) is 0 Å². The molecule has 1 aliphatic heterocycles. The summed E-state index contributed by atoms with van der Waals surface area (Å²) in [5, 5.41) is 0. The number of nitrogens with zero attached hydrogens (tertiary/aromatic N) is 3. The number of carbonyl (C=O) groups excluding carboxylic acids is 2. The third kappa shape index (κ3) is 4.81. The van der Waals surface area contributed by atoms with E-state index in [2.05, 4.69) is 6.58 Å². The number of ether oxygens (including phenoxy) is 2. The summed E-state index contributed by atoms with van der Waals surface area (Å²) in [7, 11) is 1.41. The third-order valence-electron chi connectivity index (χ3n) is 4.03. The summed E-state index contributed by atoms with van der Waals surface area (Å²) in [4.78, 5) is 39.3. The molecule has 2 heterocycles. The van der Waals surface area contributed by atoms with Gasteiger partial charge in [0.1, 0.15) is 17.9 Å². The number of imidazole rings is 1. The Morgan fingerprint density at radius 3 is 2.48 bits per heavy atom. The van der Waals surface area contributed by atoms with Gasteiger partial charge in [-0.1, -0.05) is 6.58 Å². The molecule has 0 spiro atoms. The second-order valence-corrected chi connectivity index (χ2v) is 7.72. The monoisotopic (exact) mass is 399 g/mol. The first-order chi connectivity index (χ1) is 12.6. The lowest BCUT2D eigenvalue weighted by atomic mass is 10.2. The number of ketones is 1. The molecule has 1 aliphatic rings. The zero-order valence-electron chi connectivity index (χ0n) is 16.2. The van der Waals surface area contributed by atoms with Crippen LogP contribution in [0.2, 0.25) is 0 Å². The molecule has 0 aromatic carbocycles. The standard InChI is InChI=1S/C18H26ClN3O5/c1-12(8-19)9-22-15(14(23)11-26-5)13-10-20(6-7-21(13)16(22)24)17(25)27-18(2,3)4/h1,6-11H2,2-5H3. The fourth-order valence-electron chi connectivity index (χ4n) is 2.92. The topological polar surface area (TPSA) is 82.8 Å². The van der Waals surface area contributed by atoms with Crippen LogP contribution in [0.25, 0.3) is 0 Å². The number of halogens is 1. The van der Waals surface area contributed by atoms with Crippen LogP contribution >= 0.6 is 11.6 Å². The summed E-state index contributed by atoms with van der Waals surface area (Å²) in [6.45, 7) is 9.84. The van der Waals surface area contributed by atoms with Gasteiger partial charge < -0.3 is 14.4 Å². The number of hydrogen-bond acceptors (Lipinski definition) is 5. The van der Waals surface area contributed by atoms with Gasteiger partial charge in [0.15, 0.2) is 0 Å². The van der Waals surface area contributed by atoms with E-state index in [4.69, 9.17) is 21.1 Å². The average molecular weight is 400 g/mol. The molecule has 0 fully saturated rings. The first kappa shape index (κ1) is 21.2. The van der Waals surface area contributed by atoms with Crippen LogP contribution in [0, 0.1) is 0 Å². The van der Waals surface area contributed by atoms with Crippen LogP contribution in [0.1, 0.15) is 37.0 Å². The smallest absolute Gasteiger partial charge is 0.410 e. The molecular formula is C18H26ClN3O5. The Balaban J connectivity index is 2.44. The predicted octanol–water partition coefficient (Wildman–Crippen LogP) is 2.02. The molecule has 0 saturated carbocycles. The van der Waals surface area contributed by atoms with Crippen molar-refractivity contribution in [3.8, 4) is 0 Å². The van der Waals surface area contributed by atoms with E-state index >= 15 is 0 Å². The minimum Gasteiger partial charge on any atom is -0.444 e. The van der Waals surface area contributed by atoms with Gasteiger partial charge in [-0.3, -0.25) is 13.9 Å². The van der Waals surface area contributed by atoms with Crippen molar-refractivity contribution in [3.63, 3.8) is 0 Å². The van der Waals surface area contributed by atoms with E-state index < -0.39 is 11.7 Å². The van der Waals surface area contributed by atoms with Crippen molar-refractivity contribution >= 4 is 23.5 Å². The third-order valence-corrected chi connectivity index (χ3v) is 4.40. The summed E-state index contributed by atoms with van der Waals surface area (Å²) < 4.78 is 13.2. The maximum absolute atomic E-state index is 12.8. The summed E-state index contributed by atoms with van der Waals surface area (Å²) >= 11 is 5.80. The minimum atomic E-state index is -0.632. The van der Waals surface area contributed by atoms with Crippen molar-refractivity contribution in [2.45, 2.75) is 46.0 Å². The maximum atomic E-state index is 12.8. The largest absolute Gasteiger partial charge is 0.444 e. The lowest BCUT2D eigenvalue weighted by Gasteiger charge is -2.30. The summed E-state index contributed by atoms with van der Waals surface area (Å²) in [5.74, 6) is -0.161. The Hall–Kier alpha value is -2.06. The van der Waals surface area contributed by atoms with Crippen LogP contribution in [0.4, 0.5) is 4.79 Å². The molecule has 0 unspecified atom stereocenters. The molecule has 0 saturated heterocycles. The van der Waals surface area contributed by atoms with Crippen LogP contribution in [-0.4, -0.2) is 57.7 Å². The molecule has 1 amide bonds.